The molecule has 0 rings (SSSR count). The van der Waals surface area contributed by atoms with Crippen molar-refractivity contribution in [2.24, 2.45) is 0 Å². The molecular weight excluding hydrogens is 1020 g/mol. The second kappa shape index (κ2) is 68.2. The normalized spacial score (nSPS) is 13.6. The molecule has 0 aromatic rings. The van der Waals surface area contributed by atoms with Crippen LogP contribution >= 0.6 is 0 Å². The van der Waals surface area contributed by atoms with Gasteiger partial charge in [-0.3, -0.25) is 14.4 Å². The van der Waals surface area contributed by atoms with Crippen LogP contribution < -0.4 is 0 Å². The van der Waals surface area contributed by atoms with Crippen molar-refractivity contribution in [3.63, 3.8) is 0 Å². The van der Waals surface area contributed by atoms with E-state index in [4.69, 9.17) is 14.2 Å². The summed E-state index contributed by atoms with van der Waals surface area (Å²) in [6.45, 7) is 6.14. The molecule has 0 heterocycles. The number of carbonyl (C=O) groups excluding carboxylic acids is 3. The summed E-state index contributed by atoms with van der Waals surface area (Å²) in [4.78, 5) is 38.3. The van der Waals surface area contributed by atoms with Gasteiger partial charge in [-0.1, -0.05) is 272 Å². The van der Waals surface area contributed by atoms with Crippen molar-refractivity contribution in [2.45, 2.75) is 232 Å². The topological polar surface area (TPSA) is 78.9 Å². The van der Waals surface area contributed by atoms with Gasteiger partial charge in [0, 0.05) is 12.8 Å². The molecule has 1 atom stereocenters. The summed E-state index contributed by atoms with van der Waals surface area (Å²) in [5, 5.41) is 0. The fourth-order valence-corrected chi connectivity index (χ4v) is 7.79. The Labute approximate surface area is 508 Å². The highest BCUT2D eigenvalue weighted by Crippen LogP contribution is 2.13. The van der Waals surface area contributed by atoms with Crippen molar-refractivity contribution >= 4 is 17.9 Å². The number of hydrogen-bond donors (Lipinski definition) is 0. The third-order valence-electron chi connectivity index (χ3n) is 12.5. The molecule has 0 aromatic carbocycles. The molecule has 6 heteroatoms. The minimum atomic E-state index is -0.859. The molecular formula is C77H114O6. The first-order valence-corrected chi connectivity index (χ1v) is 32.2. The smallest absolute Gasteiger partial charge is 0.309 e. The van der Waals surface area contributed by atoms with Crippen LogP contribution in [0, 0.1) is 0 Å². The zero-order valence-corrected chi connectivity index (χ0v) is 52.4. The van der Waals surface area contributed by atoms with Crippen LogP contribution in [0.2, 0.25) is 0 Å². The van der Waals surface area contributed by atoms with Gasteiger partial charge in [0.25, 0.3) is 0 Å². The van der Waals surface area contributed by atoms with Gasteiger partial charge in [-0.25, -0.2) is 0 Å². The van der Waals surface area contributed by atoms with Gasteiger partial charge in [0.15, 0.2) is 6.10 Å². The Morgan fingerprint density at radius 1 is 0.253 bits per heavy atom. The summed E-state index contributed by atoms with van der Waals surface area (Å²) in [5.74, 6) is -1.15. The van der Waals surface area contributed by atoms with Crippen LogP contribution in [0.1, 0.15) is 226 Å². The van der Waals surface area contributed by atoms with E-state index in [2.05, 4.69) is 227 Å². The summed E-state index contributed by atoms with van der Waals surface area (Å²) < 4.78 is 16.8. The predicted molar refractivity (Wildman–Crippen MR) is 361 cm³/mol. The van der Waals surface area contributed by atoms with Gasteiger partial charge in [-0.05, 0) is 154 Å². The van der Waals surface area contributed by atoms with Crippen molar-refractivity contribution < 1.29 is 28.6 Å². The molecule has 0 spiro atoms. The first-order chi connectivity index (χ1) is 41.0. The molecule has 0 radical (unpaired) electrons. The zero-order valence-electron chi connectivity index (χ0n) is 52.4. The average Bonchev–Trinajstić information content (AvgIpc) is 3.49. The summed E-state index contributed by atoms with van der Waals surface area (Å²) in [5.41, 5.74) is 0. The molecule has 0 bridgehead atoms. The molecule has 0 N–H and O–H groups in total. The number of rotatable bonds is 55. The second-order valence-corrected chi connectivity index (χ2v) is 20.2. The Kier molecular flexibility index (Phi) is 63.1. The lowest BCUT2D eigenvalue weighted by Gasteiger charge is -2.18. The molecule has 0 aliphatic rings. The number of esters is 3. The van der Waals surface area contributed by atoms with E-state index in [1.165, 1.54) is 19.3 Å². The Morgan fingerprint density at radius 3 is 0.807 bits per heavy atom. The van der Waals surface area contributed by atoms with Gasteiger partial charge in [0.2, 0.25) is 0 Å². The van der Waals surface area contributed by atoms with Crippen LogP contribution in [0.5, 0.6) is 0 Å². The van der Waals surface area contributed by atoms with Crippen molar-refractivity contribution in [3.05, 3.63) is 219 Å². The van der Waals surface area contributed by atoms with Gasteiger partial charge < -0.3 is 14.2 Å². The third-order valence-corrected chi connectivity index (χ3v) is 12.5. The van der Waals surface area contributed by atoms with Gasteiger partial charge in [0.05, 0.1) is 6.42 Å². The fourth-order valence-electron chi connectivity index (χ4n) is 7.79. The maximum atomic E-state index is 12.9. The van der Waals surface area contributed by atoms with E-state index in [0.29, 0.717) is 12.8 Å². The van der Waals surface area contributed by atoms with Crippen LogP contribution in [0.4, 0.5) is 0 Å². The molecule has 6 nitrogen and oxygen atoms in total. The van der Waals surface area contributed by atoms with E-state index >= 15 is 0 Å². The fraction of sp³-hybridized carbons (Fsp3) is 0.494. The van der Waals surface area contributed by atoms with E-state index in [1.807, 2.05) is 6.08 Å². The van der Waals surface area contributed by atoms with E-state index in [9.17, 15) is 14.4 Å². The van der Waals surface area contributed by atoms with Gasteiger partial charge in [0.1, 0.15) is 13.2 Å². The molecule has 0 amide bonds. The maximum Gasteiger partial charge on any atom is 0.309 e. The quantitative estimate of drug-likeness (QED) is 0.0261. The Morgan fingerprint density at radius 2 is 0.482 bits per heavy atom. The van der Waals surface area contributed by atoms with Crippen molar-refractivity contribution in [1.82, 2.24) is 0 Å². The highest BCUT2D eigenvalue weighted by molar-refractivity contribution is 5.72. The van der Waals surface area contributed by atoms with Crippen molar-refractivity contribution in [3.8, 4) is 0 Å². The zero-order chi connectivity index (χ0) is 59.9. The SMILES string of the molecule is CC/C=C\C/C=C\C/C=C\C/C=C\C/C=C\C/C=C\C/C=C\C/C=C\CCCCC(=O)OCC(COC(=O)C/C=C\C/C=C\C/C=C\C/C=C\C/C=C\CC)OC(=O)CCCCCCCCC/C=C\C/C=C\C/C=C\C/C=C\C/C=C\CC. The molecule has 83 heavy (non-hydrogen) atoms. The highest BCUT2D eigenvalue weighted by Gasteiger charge is 2.19. The van der Waals surface area contributed by atoms with Gasteiger partial charge >= 0.3 is 17.9 Å². The Hall–Kier alpha value is -6.27. The Balaban J connectivity index is 4.60. The van der Waals surface area contributed by atoms with E-state index < -0.39 is 12.1 Å². The van der Waals surface area contributed by atoms with Crippen molar-refractivity contribution in [2.75, 3.05) is 13.2 Å². The molecule has 0 aliphatic carbocycles. The van der Waals surface area contributed by atoms with E-state index in [-0.39, 0.29) is 44.4 Å². The average molecular weight is 1140 g/mol. The number of hydrogen-bond acceptors (Lipinski definition) is 6. The lowest BCUT2D eigenvalue weighted by molar-refractivity contribution is -0.166. The number of carbonyl (C=O) groups is 3. The van der Waals surface area contributed by atoms with Gasteiger partial charge in [-0.15, -0.1) is 0 Å². The van der Waals surface area contributed by atoms with Crippen molar-refractivity contribution in [1.29, 1.82) is 0 Å². The second-order valence-electron chi connectivity index (χ2n) is 20.2. The summed E-state index contributed by atoms with van der Waals surface area (Å²) >= 11 is 0. The van der Waals surface area contributed by atoms with E-state index in [1.54, 1.807) is 6.08 Å². The molecule has 458 valence electrons. The molecule has 0 aliphatic heterocycles. The highest BCUT2D eigenvalue weighted by atomic mass is 16.6. The minimum Gasteiger partial charge on any atom is -0.462 e. The lowest BCUT2D eigenvalue weighted by atomic mass is 10.1. The first kappa shape index (κ1) is 76.7. The number of allylic oxidation sites excluding steroid dienone is 35. The molecule has 0 saturated heterocycles. The summed E-state index contributed by atoms with van der Waals surface area (Å²) in [7, 11) is 0. The van der Waals surface area contributed by atoms with Crippen LogP contribution in [-0.2, 0) is 28.6 Å². The van der Waals surface area contributed by atoms with Gasteiger partial charge in [-0.2, -0.15) is 0 Å². The van der Waals surface area contributed by atoms with Crippen LogP contribution in [0.25, 0.3) is 0 Å². The summed E-state index contributed by atoms with van der Waals surface area (Å²) in [6.07, 6.45) is 107. The standard InChI is InChI=1S/C77H114O6/c1-4-7-10-13-16-19-22-25-28-30-32-34-36-37-38-39-41-42-44-46-49-52-55-58-61-64-67-70-76(79)82-73-74(72-81-75(78)69-66-63-60-57-54-51-48-27-24-21-18-15-12-9-6-3)83-77(80)71-68-65-62-59-56-53-50-47-45-43-40-35-33-31-29-26-23-20-17-14-11-8-5-2/h7-12,16-21,25-29,32-35,37-38,41-43,45-46,48-49,54-55,57-58,63,66,74H,4-6,13-15,22-24,30-31,36,39-40,44,47,50-53,56,59-62,64-65,67-73H2,1-3H3/b10-7-,11-8-,12-9-,19-16-,20-17-,21-18-,28-25-,29-26-,34-32-,35-33-,38-37-,42-41-,45-43-,48-27-,49-46-,57-54-,58-55-,66-63-. The van der Waals surface area contributed by atoms with Crippen LogP contribution in [-0.4, -0.2) is 37.2 Å². The molecule has 1 unspecified atom stereocenters. The van der Waals surface area contributed by atoms with E-state index in [0.717, 1.165) is 154 Å². The number of unbranched alkanes of at least 4 members (excludes halogenated alkanes) is 9. The van der Waals surface area contributed by atoms with Crippen LogP contribution in [0.15, 0.2) is 219 Å². The third kappa shape index (κ3) is 66.4. The number of ether oxygens (including phenoxy) is 3. The maximum absolute atomic E-state index is 12.9. The predicted octanol–water partition coefficient (Wildman–Crippen LogP) is 22.5. The minimum absolute atomic E-state index is 0.104. The first-order valence-electron chi connectivity index (χ1n) is 32.2. The largest absolute Gasteiger partial charge is 0.462 e. The lowest BCUT2D eigenvalue weighted by Crippen LogP contribution is -2.30. The Bertz CT molecular complexity index is 2080. The molecule has 0 aromatic heterocycles. The summed E-state index contributed by atoms with van der Waals surface area (Å²) in [6, 6.07) is 0. The molecule has 0 saturated carbocycles. The molecule has 0 fully saturated rings. The monoisotopic (exact) mass is 1130 g/mol. The van der Waals surface area contributed by atoms with Crippen LogP contribution in [0.3, 0.4) is 0 Å².